The smallest absolute Gasteiger partial charge is 0.119 e. The fourth-order valence-corrected chi connectivity index (χ4v) is 5.05. The normalized spacial score (nSPS) is 10.9. The first-order valence-corrected chi connectivity index (χ1v) is 16.3. The highest BCUT2D eigenvalue weighted by atomic mass is 16.5. The minimum atomic E-state index is 0.576. The van der Waals surface area contributed by atoms with Gasteiger partial charge in [-0.15, -0.1) is 0 Å². The summed E-state index contributed by atoms with van der Waals surface area (Å²) < 4.78 is 5.50. The van der Waals surface area contributed by atoms with Crippen LogP contribution in [0.1, 0.15) is 93.0 Å². The van der Waals surface area contributed by atoms with Crippen molar-refractivity contribution >= 4 is 5.57 Å². The van der Waals surface area contributed by atoms with E-state index < -0.39 is 0 Å². The Morgan fingerprint density at radius 3 is 1.95 bits per heavy atom. The summed E-state index contributed by atoms with van der Waals surface area (Å²) in [5, 5.41) is 3.23. The summed E-state index contributed by atoms with van der Waals surface area (Å²) >= 11 is 0. The standard InChI is InChI=1S/C28H39N.C11H16O.CH5N/c1-6-7-12-25-17-22(2)18-26(21-25)13-11-14-27(20-24(4)29-5)19-23(3)28-15-9-8-10-16-28;1-3-4-9-12-11-7-5-10(2)6-8-11;1-2/h8-10,15-18,21,27,29H,3-4,6-7,11-14,19-20H2,1-2,5H3;5-8H,3-4,9H2,1-2H3;2H2,1H3. The summed E-state index contributed by atoms with van der Waals surface area (Å²) in [6, 6.07) is 25.9. The molecular weight excluding hydrogens is 524 g/mol. The van der Waals surface area contributed by atoms with E-state index in [1.807, 2.05) is 19.2 Å². The second kappa shape index (κ2) is 23.2. The maximum Gasteiger partial charge on any atom is 0.119 e. The third-order valence-electron chi connectivity index (χ3n) is 7.49. The van der Waals surface area contributed by atoms with E-state index in [0.717, 1.165) is 43.7 Å². The number of nitrogens with one attached hydrogen (secondary N) is 1. The quantitative estimate of drug-likeness (QED) is 0.155. The Morgan fingerprint density at radius 2 is 1.37 bits per heavy atom. The number of rotatable bonds is 17. The molecule has 3 nitrogen and oxygen atoms in total. The lowest BCUT2D eigenvalue weighted by Gasteiger charge is -2.20. The van der Waals surface area contributed by atoms with Crippen molar-refractivity contribution in [2.24, 2.45) is 11.7 Å². The Labute approximate surface area is 264 Å². The molecular formula is C40H60N2O. The minimum absolute atomic E-state index is 0.576. The molecule has 0 aliphatic carbocycles. The molecule has 3 rings (SSSR count). The van der Waals surface area contributed by atoms with Gasteiger partial charge >= 0.3 is 0 Å². The molecule has 0 radical (unpaired) electrons. The number of allylic oxidation sites excluding steroid dienone is 2. The van der Waals surface area contributed by atoms with Crippen molar-refractivity contribution in [2.75, 3.05) is 20.7 Å². The fourth-order valence-electron chi connectivity index (χ4n) is 5.05. The summed E-state index contributed by atoms with van der Waals surface area (Å²) in [6.07, 6.45) is 11.7. The Kier molecular flexibility index (Phi) is 20.3. The predicted octanol–water partition coefficient (Wildman–Crippen LogP) is 10.3. The van der Waals surface area contributed by atoms with Gasteiger partial charge in [0.25, 0.3) is 0 Å². The number of hydrogen-bond donors (Lipinski definition) is 2. The second-order valence-electron chi connectivity index (χ2n) is 11.4. The van der Waals surface area contributed by atoms with Gasteiger partial charge in [0.2, 0.25) is 0 Å². The zero-order valence-corrected chi connectivity index (χ0v) is 28.2. The van der Waals surface area contributed by atoms with Crippen LogP contribution in [-0.2, 0) is 12.8 Å². The van der Waals surface area contributed by atoms with Crippen LogP contribution in [0.25, 0.3) is 5.57 Å². The average Bonchev–Trinajstić information content (AvgIpc) is 3.02. The highest BCUT2D eigenvalue weighted by Crippen LogP contribution is 2.28. The first-order chi connectivity index (χ1) is 20.8. The van der Waals surface area contributed by atoms with Gasteiger partial charge in [-0.25, -0.2) is 0 Å². The maximum absolute atomic E-state index is 5.50. The number of unbranched alkanes of at least 4 members (excludes halogenated alkanes) is 2. The van der Waals surface area contributed by atoms with Gasteiger partial charge in [0.15, 0.2) is 0 Å². The first-order valence-electron chi connectivity index (χ1n) is 16.3. The molecule has 0 bridgehead atoms. The number of ether oxygens (including phenoxy) is 1. The van der Waals surface area contributed by atoms with E-state index in [0.29, 0.717) is 5.92 Å². The zero-order chi connectivity index (χ0) is 31.9. The van der Waals surface area contributed by atoms with Gasteiger partial charge < -0.3 is 15.8 Å². The molecule has 236 valence electrons. The number of hydrogen-bond acceptors (Lipinski definition) is 3. The van der Waals surface area contributed by atoms with Gasteiger partial charge in [-0.3, -0.25) is 0 Å². The maximum atomic E-state index is 5.50. The molecule has 3 heteroatoms. The Hall–Kier alpha value is -3.30. The lowest BCUT2D eigenvalue weighted by molar-refractivity contribution is 0.309. The van der Waals surface area contributed by atoms with E-state index in [9.17, 15) is 0 Å². The lowest BCUT2D eigenvalue weighted by Crippen LogP contribution is -2.11. The molecule has 0 saturated heterocycles. The number of benzene rings is 3. The zero-order valence-electron chi connectivity index (χ0n) is 28.2. The van der Waals surface area contributed by atoms with Gasteiger partial charge in [0, 0.05) is 12.7 Å². The van der Waals surface area contributed by atoms with E-state index >= 15 is 0 Å². The van der Waals surface area contributed by atoms with Crippen molar-refractivity contribution < 1.29 is 4.74 Å². The SMILES string of the molecule is C=C(CC(CCCc1cc(C)cc(CCCC)c1)CC(=C)c1ccccc1)NC.CCCCOc1ccc(C)cc1.CN. The van der Waals surface area contributed by atoms with Crippen LogP contribution < -0.4 is 15.8 Å². The van der Waals surface area contributed by atoms with E-state index in [1.165, 1.54) is 79.0 Å². The van der Waals surface area contributed by atoms with Gasteiger partial charge in [0.1, 0.15) is 5.75 Å². The van der Waals surface area contributed by atoms with Crippen LogP contribution >= 0.6 is 0 Å². The van der Waals surface area contributed by atoms with E-state index in [4.69, 9.17) is 4.74 Å². The molecule has 3 N–H and O–H groups in total. The van der Waals surface area contributed by atoms with E-state index in [2.05, 4.69) is 113 Å². The third-order valence-corrected chi connectivity index (χ3v) is 7.49. The second-order valence-corrected chi connectivity index (χ2v) is 11.4. The summed E-state index contributed by atoms with van der Waals surface area (Å²) in [4.78, 5) is 0. The summed E-state index contributed by atoms with van der Waals surface area (Å²) in [5.74, 6) is 1.56. The van der Waals surface area contributed by atoms with Crippen molar-refractivity contribution in [2.45, 2.75) is 91.9 Å². The summed E-state index contributed by atoms with van der Waals surface area (Å²) in [5.41, 5.74) is 13.8. The van der Waals surface area contributed by atoms with E-state index in [1.54, 1.807) is 0 Å². The Morgan fingerprint density at radius 1 is 0.767 bits per heavy atom. The van der Waals surface area contributed by atoms with Crippen molar-refractivity contribution in [1.29, 1.82) is 0 Å². The molecule has 1 unspecified atom stereocenters. The first kappa shape index (κ1) is 37.7. The largest absolute Gasteiger partial charge is 0.494 e. The van der Waals surface area contributed by atoms with Crippen LogP contribution in [0.15, 0.2) is 91.7 Å². The van der Waals surface area contributed by atoms with Gasteiger partial charge in [0.05, 0.1) is 6.61 Å². The van der Waals surface area contributed by atoms with Crippen LogP contribution in [0, 0.1) is 19.8 Å². The average molecular weight is 585 g/mol. The predicted molar refractivity (Wildman–Crippen MR) is 191 cm³/mol. The topological polar surface area (TPSA) is 47.3 Å². The highest BCUT2D eigenvalue weighted by Gasteiger charge is 2.13. The van der Waals surface area contributed by atoms with Crippen LogP contribution in [0.5, 0.6) is 5.75 Å². The minimum Gasteiger partial charge on any atom is -0.494 e. The molecule has 0 fully saturated rings. The molecule has 3 aromatic rings. The molecule has 0 aromatic heterocycles. The van der Waals surface area contributed by atoms with Crippen LogP contribution in [0.2, 0.25) is 0 Å². The summed E-state index contributed by atoms with van der Waals surface area (Å²) in [7, 11) is 3.47. The van der Waals surface area contributed by atoms with Crippen molar-refractivity contribution in [3.05, 3.63) is 119 Å². The Bertz CT molecular complexity index is 1150. The van der Waals surface area contributed by atoms with Crippen LogP contribution in [-0.4, -0.2) is 20.7 Å². The molecule has 1 atom stereocenters. The van der Waals surface area contributed by atoms with Crippen molar-refractivity contribution in [1.82, 2.24) is 5.32 Å². The monoisotopic (exact) mass is 584 g/mol. The van der Waals surface area contributed by atoms with E-state index in [-0.39, 0.29) is 0 Å². The fraction of sp³-hybridized carbons (Fsp3) is 0.450. The molecule has 0 spiro atoms. The van der Waals surface area contributed by atoms with Crippen molar-refractivity contribution in [3.63, 3.8) is 0 Å². The molecule has 0 amide bonds. The molecule has 0 saturated carbocycles. The number of aryl methyl sites for hydroxylation is 4. The van der Waals surface area contributed by atoms with Crippen molar-refractivity contribution in [3.8, 4) is 5.75 Å². The van der Waals surface area contributed by atoms with Crippen LogP contribution in [0.4, 0.5) is 0 Å². The van der Waals surface area contributed by atoms with Gasteiger partial charge in [-0.2, -0.15) is 0 Å². The van der Waals surface area contributed by atoms with Gasteiger partial charge in [-0.05, 0) is 113 Å². The molecule has 43 heavy (non-hydrogen) atoms. The molecule has 0 heterocycles. The molecule has 0 aliphatic heterocycles. The number of nitrogens with two attached hydrogens (primary N) is 1. The lowest BCUT2D eigenvalue weighted by atomic mass is 9.87. The highest BCUT2D eigenvalue weighted by molar-refractivity contribution is 5.63. The summed E-state index contributed by atoms with van der Waals surface area (Å²) in [6.45, 7) is 18.1. The van der Waals surface area contributed by atoms with Crippen LogP contribution in [0.3, 0.4) is 0 Å². The molecule has 3 aromatic carbocycles. The molecule has 0 aliphatic rings. The van der Waals surface area contributed by atoms with Gasteiger partial charge in [-0.1, -0.05) is 112 Å². The third kappa shape index (κ3) is 16.8. The Balaban J connectivity index is 0.000000549.